The number of hydrogen-bond acceptors (Lipinski definition) is 4. The predicted octanol–water partition coefficient (Wildman–Crippen LogP) is 0.711. The molecule has 0 aromatic heterocycles. The highest BCUT2D eigenvalue weighted by Gasteiger charge is 2.66. The zero-order valence-corrected chi connectivity index (χ0v) is 12.7. The summed E-state index contributed by atoms with van der Waals surface area (Å²) in [4.78, 5) is 46.0. The minimum Gasteiger partial charge on any atom is -0.481 e. The lowest BCUT2D eigenvalue weighted by atomic mass is 9.43. The van der Waals surface area contributed by atoms with Crippen molar-refractivity contribution in [3.63, 3.8) is 0 Å². The van der Waals surface area contributed by atoms with Crippen LogP contribution in [-0.4, -0.2) is 44.3 Å². The molecule has 2 aliphatic carbocycles. The maximum absolute atomic E-state index is 11.6. The lowest BCUT2D eigenvalue weighted by Gasteiger charge is -2.58. The van der Waals surface area contributed by atoms with Crippen LogP contribution >= 0.6 is 0 Å². The van der Waals surface area contributed by atoms with Crippen molar-refractivity contribution in [2.75, 3.05) is 0 Å². The second kappa shape index (κ2) is 5.82. The van der Waals surface area contributed by atoms with Gasteiger partial charge in [0.1, 0.15) is 0 Å². The van der Waals surface area contributed by atoms with Gasteiger partial charge in [-0.1, -0.05) is 13.8 Å². The van der Waals surface area contributed by atoms with Crippen molar-refractivity contribution in [2.24, 2.45) is 47.3 Å². The zero-order valence-electron chi connectivity index (χ0n) is 12.7. The Morgan fingerprint density at radius 1 is 0.783 bits per heavy atom. The first-order valence-electron chi connectivity index (χ1n) is 7.50. The summed E-state index contributed by atoms with van der Waals surface area (Å²) in [6.07, 6.45) is -0.110. The molecule has 23 heavy (non-hydrogen) atoms. The quantitative estimate of drug-likeness (QED) is 0.576. The fourth-order valence-corrected chi connectivity index (χ4v) is 4.75. The molecule has 2 saturated carbocycles. The summed E-state index contributed by atoms with van der Waals surface area (Å²) in [5.74, 6) is -12.0. The molecular formula is C15H20O8. The normalized spacial score (nSPS) is 39.2. The maximum Gasteiger partial charge on any atom is 0.307 e. The van der Waals surface area contributed by atoms with Gasteiger partial charge in [0.25, 0.3) is 0 Å². The van der Waals surface area contributed by atoms with Gasteiger partial charge in [0.05, 0.1) is 23.7 Å². The highest BCUT2D eigenvalue weighted by molar-refractivity contribution is 5.85. The number of carboxylic acids is 4. The van der Waals surface area contributed by atoms with Crippen LogP contribution in [0, 0.1) is 47.3 Å². The summed E-state index contributed by atoms with van der Waals surface area (Å²) in [5, 5.41) is 37.5. The lowest BCUT2D eigenvalue weighted by Crippen LogP contribution is -2.64. The summed E-state index contributed by atoms with van der Waals surface area (Å²) in [6.45, 7) is 3.43. The van der Waals surface area contributed by atoms with Crippen molar-refractivity contribution in [3.8, 4) is 0 Å². The van der Waals surface area contributed by atoms with Crippen molar-refractivity contribution in [1.82, 2.24) is 0 Å². The largest absolute Gasteiger partial charge is 0.481 e. The van der Waals surface area contributed by atoms with Crippen molar-refractivity contribution >= 4 is 23.9 Å². The topological polar surface area (TPSA) is 149 Å². The van der Waals surface area contributed by atoms with Gasteiger partial charge in [0.2, 0.25) is 0 Å². The van der Waals surface area contributed by atoms with E-state index in [1.54, 1.807) is 13.8 Å². The van der Waals surface area contributed by atoms with Gasteiger partial charge in [-0.05, 0) is 30.1 Å². The number of rotatable bonds is 5. The Balaban J connectivity index is 2.49. The minimum absolute atomic E-state index is 0.110. The van der Waals surface area contributed by atoms with Crippen molar-refractivity contribution in [2.45, 2.75) is 20.3 Å². The van der Waals surface area contributed by atoms with Crippen molar-refractivity contribution < 1.29 is 39.6 Å². The first-order chi connectivity index (χ1) is 10.6. The molecule has 4 N–H and O–H groups in total. The van der Waals surface area contributed by atoms with Crippen LogP contribution in [0.5, 0.6) is 0 Å². The maximum atomic E-state index is 11.6. The molecule has 0 aliphatic heterocycles. The molecule has 8 nitrogen and oxygen atoms in total. The van der Waals surface area contributed by atoms with E-state index in [-0.39, 0.29) is 12.3 Å². The molecule has 0 radical (unpaired) electrons. The molecule has 2 fully saturated rings. The Bertz CT molecular complexity index is 542. The first-order valence-corrected chi connectivity index (χ1v) is 7.50. The van der Waals surface area contributed by atoms with E-state index < -0.39 is 65.3 Å². The van der Waals surface area contributed by atoms with E-state index >= 15 is 0 Å². The zero-order chi connectivity index (χ0) is 17.6. The third-order valence-electron chi connectivity index (χ3n) is 5.52. The van der Waals surface area contributed by atoms with Gasteiger partial charge in [-0.25, -0.2) is 0 Å². The standard InChI is InChI=1S/C15H20O8/c1-4(2)7-8-5(9(13(18)19)11(8)15(22)23)3-6(12(16)17)10(7)14(20)21/h4-11H,3H2,1-2H3,(H,16,17)(H,18,19)(H,20,21)(H,22,23). The lowest BCUT2D eigenvalue weighted by molar-refractivity contribution is -0.202. The molecule has 0 heterocycles. The molecule has 0 saturated heterocycles. The van der Waals surface area contributed by atoms with Crippen LogP contribution < -0.4 is 0 Å². The van der Waals surface area contributed by atoms with E-state index in [1.807, 2.05) is 0 Å². The molecular weight excluding hydrogens is 308 g/mol. The van der Waals surface area contributed by atoms with Gasteiger partial charge in [-0.3, -0.25) is 19.2 Å². The molecule has 0 aromatic carbocycles. The summed E-state index contributed by atoms with van der Waals surface area (Å²) in [5.41, 5.74) is 0. The number of carbonyl (C=O) groups is 4. The van der Waals surface area contributed by atoms with Crippen LogP contribution in [0.3, 0.4) is 0 Å². The highest BCUT2D eigenvalue weighted by atomic mass is 16.4. The van der Waals surface area contributed by atoms with Crippen LogP contribution in [0.4, 0.5) is 0 Å². The van der Waals surface area contributed by atoms with Gasteiger partial charge in [0, 0.05) is 0 Å². The fraction of sp³-hybridized carbons (Fsp3) is 0.733. The summed E-state index contributed by atoms with van der Waals surface area (Å²) in [6, 6.07) is 0. The van der Waals surface area contributed by atoms with Gasteiger partial charge < -0.3 is 20.4 Å². The van der Waals surface area contributed by atoms with E-state index in [9.17, 15) is 39.6 Å². The molecule has 0 aromatic rings. The number of aliphatic carboxylic acids is 4. The second-order valence-electron chi connectivity index (χ2n) is 6.84. The monoisotopic (exact) mass is 328 g/mol. The van der Waals surface area contributed by atoms with Gasteiger partial charge in [0.15, 0.2) is 0 Å². The SMILES string of the molecule is CC(C)C1C(C(=O)O)C(C(=O)O)CC2C(C(=O)O)C(C(=O)O)C21. The highest BCUT2D eigenvalue weighted by Crippen LogP contribution is 2.60. The van der Waals surface area contributed by atoms with Crippen LogP contribution in [-0.2, 0) is 19.2 Å². The summed E-state index contributed by atoms with van der Waals surface area (Å²) < 4.78 is 0. The Kier molecular flexibility index (Phi) is 4.37. The van der Waals surface area contributed by atoms with E-state index in [1.165, 1.54) is 0 Å². The summed E-state index contributed by atoms with van der Waals surface area (Å²) >= 11 is 0. The second-order valence-corrected chi connectivity index (χ2v) is 6.84. The molecule has 2 rings (SSSR count). The Labute approximate surface area is 132 Å². The first kappa shape index (κ1) is 17.2. The molecule has 0 bridgehead atoms. The van der Waals surface area contributed by atoms with Gasteiger partial charge >= 0.3 is 23.9 Å². The Morgan fingerprint density at radius 2 is 1.26 bits per heavy atom. The van der Waals surface area contributed by atoms with Crippen LogP contribution in [0.1, 0.15) is 20.3 Å². The molecule has 7 unspecified atom stereocenters. The molecule has 7 atom stereocenters. The molecule has 8 heteroatoms. The van der Waals surface area contributed by atoms with E-state index in [2.05, 4.69) is 0 Å². The van der Waals surface area contributed by atoms with Gasteiger partial charge in [-0.15, -0.1) is 0 Å². The number of hydrogen-bond donors (Lipinski definition) is 4. The summed E-state index contributed by atoms with van der Waals surface area (Å²) in [7, 11) is 0. The molecule has 0 amide bonds. The van der Waals surface area contributed by atoms with Gasteiger partial charge in [-0.2, -0.15) is 0 Å². The third-order valence-corrected chi connectivity index (χ3v) is 5.52. The van der Waals surface area contributed by atoms with Crippen LogP contribution in [0.2, 0.25) is 0 Å². The average Bonchev–Trinajstić information content (AvgIpc) is 2.36. The van der Waals surface area contributed by atoms with Crippen LogP contribution in [0.15, 0.2) is 0 Å². The van der Waals surface area contributed by atoms with Crippen molar-refractivity contribution in [3.05, 3.63) is 0 Å². The van der Waals surface area contributed by atoms with Crippen molar-refractivity contribution in [1.29, 1.82) is 0 Å². The fourth-order valence-electron chi connectivity index (χ4n) is 4.75. The number of fused-ring (bicyclic) bond motifs is 1. The molecule has 2 aliphatic rings. The number of carboxylic acid groups (broad SMARTS) is 4. The third kappa shape index (κ3) is 2.55. The Hall–Kier alpha value is -2.12. The van der Waals surface area contributed by atoms with E-state index in [4.69, 9.17) is 0 Å². The smallest absolute Gasteiger partial charge is 0.307 e. The van der Waals surface area contributed by atoms with E-state index in [0.29, 0.717) is 0 Å². The van der Waals surface area contributed by atoms with Crippen LogP contribution in [0.25, 0.3) is 0 Å². The molecule has 0 spiro atoms. The predicted molar refractivity (Wildman–Crippen MR) is 74.4 cm³/mol. The molecule has 128 valence electrons. The average molecular weight is 328 g/mol. The Morgan fingerprint density at radius 3 is 1.61 bits per heavy atom. The minimum atomic E-state index is -1.27. The van der Waals surface area contributed by atoms with E-state index in [0.717, 1.165) is 0 Å².